The van der Waals surface area contributed by atoms with Gasteiger partial charge in [-0.25, -0.2) is 4.98 Å². The number of halogens is 1. The highest BCUT2D eigenvalue weighted by atomic mass is 79.9. The molecule has 0 saturated heterocycles. The first-order valence-corrected chi connectivity index (χ1v) is 10.1. The fourth-order valence-electron chi connectivity index (χ4n) is 1.31. The van der Waals surface area contributed by atoms with Gasteiger partial charge in [0.05, 0.1) is 12.3 Å². The van der Waals surface area contributed by atoms with Crippen molar-refractivity contribution in [1.29, 1.82) is 0 Å². The van der Waals surface area contributed by atoms with Crippen molar-refractivity contribution in [2.24, 2.45) is 0 Å². The van der Waals surface area contributed by atoms with Crippen molar-refractivity contribution in [1.82, 2.24) is 4.98 Å². The fourth-order valence-corrected chi connectivity index (χ4v) is 2.68. The summed E-state index contributed by atoms with van der Waals surface area (Å²) in [5.74, 6) is 0.502. The van der Waals surface area contributed by atoms with Gasteiger partial charge in [0.2, 0.25) is 0 Å². The quantitative estimate of drug-likeness (QED) is 0.483. The Hall–Kier alpha value is -0.593. The minimum absolute atomic E-state index is 0.241. The summed E-state index contributed by atoms with van der Waals surface area (Å²) < 4.78 is 6.83. The number of nitrogens with one attached hydrogen (secondary N) is 1. The fraction of sp³-hybridized carbons (Fsp3) is 0.615. The van der Waals surface area contributed by atoms with Crippen LogP contribution in [0, 0.1) is 0 Å². The van der Waals surface area contributed by atoms with E-state index >= 15 is 0 Å². The highest BCUT2D eigenvalue weighted by molar-refractivity contribution is 9.10. The lowest BCUT2D eigenvalue weighted by molar-refractivity contribution is 0.301. The second-order valence-corrected chi connectivity index (χ2v) is 11.7. The number of pyridine rings is 1. The van der Waals surface area contributed by atoms with E-state index in [-0.39, 0.29) is 5.04 Å². The van der Waals surface area contributed by atoms with Crippen LogP contribution < -0.4 is 11.1 Å². The van der Waals surface area contributed by atoms with Gasteiger partial charge in [-0.05, 0) is 46.2 Å². The third-order valence-electron chi connectivity index (χ3n) is 3.58. The van der Waals surface area contributed by atoms with Gasteiger partial charge < -0.3 is 15.5 Å². The molecule has 0 radical (unpaired) electrons. The molecule has 0 atom stereocenters. The van der Waals surface area contributed by atoms with Crippen LogP contribution in [0.25, 0.3) is 0 Å². The first-order chi connectivity index (χ1) is 8.63. The van der Waals surface area contributed by atoms with Gasteiger partial charge in [0.15, 0.2) is 8.32 Å². The van der Waals surface area contributed by atoms with Crippen LogP contribution in [0.3, 0.4) is 0 Å². The summed E-state index contributed by atoms with van der Waals surface area (Å²) in [4.78, 5) is 4.14. The van der Waals surface area contributed by atoms with Gasteiger partial charge in [0.25, 0.3) is 0 Å². The molecule has 0 aliphatic carbocycles. The summed E-state index contributed by atoms with van der Waals surface area (Å²) in [6, 6.07) is 3.78. The lowest BCUT2D eigenvalue weighted by atomic mass is 10.2. The minimum Gasteiger partial charge on any atom is -0.415 e. The monoisotopic (exact) mass is 345 g/mol. The minimum atomic E-state index is -1.66. The molecule has 0 spiro atoms. The maximum Gasteiger partial charge on any atom is 0.192 e. The molecule has 0 aliphatic rings. The molecule has 1 rings (SSSR count). The number of nitrogens with two attached hydrogens (primary N) is 1. The summed E-state index contributed by atoms with van der Waals surface area (Å²) in [6.45, 7) is 12.6. The topological polar surface area (TPSA) is 60.2 Å². The van der Waals surface area contributed by atoms with Crippen molar-refractivity contribution in [3.05, 3.63) is 16.7 Å². The van der Waals surface area contributed by atoms with E-state index in [9.17, 15) is 0 Å². The Kier molecular flexibility index (Phi) is 5.40. The van der Waals surface area contributed by atoms with Gasteiger partial charge in [0, 0.05) is 6.54 Å². The van der Waals surface area contributed by atoms with E-state index in [0.29, 0.717) is 12.4 Å². The van der Waals surface area contributed by atoms with Crippen LogP contribution in [-0.2, 0) is 4.43 Å². The van der Waals surface area contributed by atoms with Crippen molar-refractivity contribution in [3.63, 3.8) is 0 Å². The molecule has 19 heavy (non-hydrogen) atoms. The molecule has 4 nitrogen and oxygen atoms in total. The number of hydrogen-bond donors (Lipinski definition) is 2. The van der Waals surface area contributed by atoms with Crippen molar-refractivity contribution in [2.75, 3.05) is 24.2 Å². The Balaban J connectivity index is 2.43. The van der Waals surface area contributed by atoms with Gasteiger partial charge in [-0.1, -0.05) is 20.8 Å². The molecule has 1 heterocycles. The largest absolute Gasteiger partial charge is 0.415 e. The highest BCUT2D eigenvalue weighted by Crippen LogP contribution is 2.36. The first-order valence-electron chi connectivity index (χ1n) is 6.43. The van der Waals surface area contributed by atoms with E-state index < -0.39 is 8.32 Å². The smallest absolute Gasteiger partial charge is 0.192 e. The van der Waals surface area contributed by atoms with Crippen LogP contribution in [0.2, 0.25) is 18.1 Å². The first kappa shape index (κ1) is 16.5. The second-order valence-electron chi connectivity index (χ2n) is 6.10. The summed E-state index contributed by atoms with van der Waals surface area (Å²) >= 11 is 3.29. The molecule has 1 aromatic rings. The SMILES string of the molecule is CC(C)(C)[Si](C)(C)OCCNc1ccc(Br)nc1N. The molecule has 108 valence electrons. The van der Waals surface area contributed by atoms with E-state index in [4.69, 9.17) is 10.2 Å². The number of nitrogen functional groups attached to an aromatic ring is 1. The molecule has 3 N–H and O–H groups in total. The van der Waals surface area contributed by atoms with E-state index in [1.807, 2.05) is 12.1 Å². The van der Waals surface area contributed by atoms with Gasteiger partial charge >= 0.3 is 0 Å². The van der Waals surface area contributed by atoms with Crippen LogP contribution in [0.1, 0.15) is 20.8 Å². The lowest BCUT2D eigenvalue weighted by Crippen LogP contribution is -2.41. The molecule has 0 aromatic carbocycles. The van der Waals surface area contributed by atoms with Gasteiger partial charge in [-0.2, -0.15) is 0 Å². The summed E-state index contributed by atoms with van der Waals surface area (Å²) in [5.41, 5.74) is 6.67. The molecular formula is C13H24BrN3OSi. The van der Waals surface area contributed by atoms with E-state index in [1.165, 1.54) is 0 Å². The lowest BCUT2D eigenvalue weighted by Gasteiger charge is -2.36. The maximum atomic E-state index is 6.09. The molecule has 0 amide bonds. The van der Waals surface area contributed by atoms with Crippen LogP contribution in [0.5, 0.6) is 0 Å². The van der Waals surface area contributed by atoms with Gasteiger partial charge in [0.1, 0.15) is 10.4 Å². The third-order valence-corrected chi connectivity index (χ3v) is 8.56. The standard InChI is InChI=1S/C13H24BrN3OSi/c1-13(2,3)19(4,5)18-9-8-16-10-6-7-11(14)17-12(10)15/h6-7,16H,8-9H2,1-5H3,(H2,15,17). The zero-order valence-corrected chi connectivity index (χ0v) is 15.0. The Bertz CT molecular complexity index is 432. The van der Waals surface area contributed by atoms with E-state index in [2.05, 4.69) is 60.1 Å². The number of aromatic nitrogens is 1. The molecule has 0 fully saturated rings. The molecule has 0 saturated carbocycles. The van der Waals surface area contributed by atoms with Crippen molar-refractivity contribution in [2.45, 2.75) is 38.9 Å². The number of nitrogens with zero attached hydrogens (tertiary/aromatic N) is 1. The maximum absolute atomic E-state index is 6.09. The zero-order valence-electron chi connectivity index (χ0n) is 12.4. The summed E-state index contributed by atoms with van der Waals surface area (Å²) in [6.07, 6.45) is 0. The van der Waals surface area contributed by atoms with Crippen LogP contribution in [-0.4, -0.2) is 26.5 Å². The van der Waals surface area contributed by atoms with Crippen molar-refractivity contribution < 1.29 is 4.43 Å². The molecule has 6 heteroatoms. The molecule has 0 bridgehead atoms. The Labute approximate surface area is 125 Å². The Morgan fingerprint density at radius 2 is 2.00 bits per heavy atom. The van der Waals surface area contributed by atoms with Gasteiger partial charge in [-0.15, -0.1) is 0 Å². The average Bonchev–Trinajstić information content (AvgIpc) is 2.25. The number of hydrogen-bond acceptors (Lipinski definition) is 4. The Morgan fingerprint density at radius 1 is 1.37 bits per heavy atom. The van der Waals surface area contributed by atoms with Crippen molar-refractivity contribution in [3.8, 4) is 0 Å². The predicted octanol–water partition coefficient (Wildman–Crippen LogP) is 3.86. The normalized spacial score (nSPS) is 12.5. The summed E-state index contributed by atoms with van der Waals surface area (Å²) in [5, 5.41) is 3.49. The van der Waals surface area contributed by atoms with Crippen LogP contribution in [0.4, 0.5) is 11.5 Å². The highest BCUT2D eigenvalue weighted by Gasteiger charge is 2.36. The van der Waals surface area contributed by atoms with Crippen LogP contribution >= 0.6 is 15.9 Å². The number of rotatable bonds is 5. The van der Waals surface area contributed by atoms with Gasteiger partial charge in [-0.3, -0.25) is 0 Å². The van der Waals surface area contributed by atoms with E-state index in [0.717, 1.165) is 16.8 Å². The number of anilines is 2. The molecular weight excluding hydrogens is 322 g/mol. The predicted molar refractivity (Wildman–Crippen MR) is 88.0 cm³/mol. The molecule has 0 unspecified atom stereocenters. The average molecular weight is 346 g/mol. The van der Waals surface area contributed by atoms with Crippen LogP contribution in [0.15, 0.2) is 16.7 Å². The molecule has 1 aromatic heterocycles. The van der Waals surface area contributed by atoms with E-state index in [1.54, 1.807) is 0 Å². The second kappa shape index (κ2) is 6.24. The Morgan fingerprint density at radius 3 is 2.53 bits per heavy atom. The summed E-state index contributed by atoms with van der Waals surface area (Å²) in [7, 11) is -1.66. The zero-order chi connectivity index (χ0) is 14.7. The molecule has 0 aliphatic heterocycles. The van der Waals surface area contributed by atoms with Crippen molar-refractivity contribution >= 4 is 35.8 Å². The third kappa shape index (κ3) is 4.78.